The second kappa shape index (κ2) is 8.35. The van der Waals surface area contributed by atoms with E-state index in [-0.39, 0.29) is 10.8 Å². The van der Waals surface area contributed by atoms with Gasteiger partial charge in [-0.1, -0.05) is 35.9 Å². The number of hydrogen-bond acceptors (Lipinski definition) is 5. The lowest BCUT2D eigenvalue weighted by Crippen LogP contribution is -2.24. The number of rotatable bonds is 5. The van der Waals surface area contributed by atoms with Gasteiger partial charge in [-0.05, 0) is 30.2 Å². The largest absolute Gasteiger partial charge is 0.417 e. The van der Waals surface area contributed by atoms with E-state index in [1.807, 2.05) is 30.3 Å². The molecule has 0 aliphatic heterocycles. The summed E-state index contributed by atoms with van der Waals surface area (Å²) in [5.74, 6) is -0.0618. The van der Waals surface area contributed by atoms with Crippen LogP contribution in [0, 0.1) is 0 Å². The number of benzene rings is 1. The molecule has 0 unspecified atom stereocenters. The van der Waals surface area contributed by atoms with Crippen LogP contribution in [0.2, 0.25) is 5.02 Å². The molecule has 0 bridgehead atoms. The monoisotopic (exact) mass is 445 g/mol. The lowest BCUT2D eigenvalue weighted by molar-refractivity contribution is -0.137. The van der Waals surface area contributed by atoms with E-state index >= 15 is 0 Å². The zero-order chi connectivity index (χ0) is 22.0. The number of fused-ring (bicyclic) bond motifs is 1. The molecule has 4 rings (SSSR count). The van der Waals surface area contributed by atoms with Gasteiger partial charge in [0.25, 0.3) is 5.56 Å². The molecule has 0 saturated carbocycles. The third-order valence-corrected chi connectivity index (χ3v) is 5.00. The molecule has 0 radical (unpaired) electrons. The molecular formula is C21H15ClF3N5O. The van der Waals surface area contributed by atoms with Crippen LogP contribution in [-0.4, -0.2) is 26.3 Å². The molecular weight excluding hydrogens is 431 g/mol. The van der Waals surface area contributed by atoms with Crippen LogP contribution in [0.25, 0.3) is 16.7 Å². The van der Waals surface area contributed by atoms with Crippen molar-refractivity contribution in [1.82, 2.24) is 19.7 Å². The van der Waals surface area contributed by atoms with Gasteiger partial charge >= 0.3 is 6.18 Å². The Bertz CT molecular complexity index is 1280. The number of pyridine rings is 2. The molecule has 31 heavy (non-hydrogen) atoms. The van der Waals surface area contributed by atoms with Crippen LogP contribution in [-0.2, 0) is 12.6 Å². The fraction of sp³-hybridized carbons (Fsp3) is 0.143. The van der Waals surface area contributed by atoms with Crippen molar-refractivity contribution in [3.63, 3.8) is 0 Å². The minimum atomic E-state index is -4.52. The average molecular weight is 446 g/mol. The molecule has 0 saturated heterocycles. The predicted octanol–water partition coefficient (Wildman–Crippen LogP) is 4.50. The molecule has 158 valence electrons. The summed E-state index contributed by atoms with van der Waals surface area (Å²) in [7, 11) is 0. The third kappa shape index (κ3) is 4.36. The van der Waals surface area contributed by atoms with Crippen LogP contribution in [0.5, 0.6) is 0 Å². The highest BCUT2D eigenvalue weighted by atomic mass is 35.5. The molecule has 4 aromatic rings. The van der Waals surface area contributed by atoms with E-state index in [0.29, 0.717) is 24.8 Å². The van der Waals surface area contributed by atoms with Gasteiger partial charge in [-0.3, -0.25) is 9.78 Å². The first-order valence-corrected chi connectivity index (χ1v) is 9.60. The normalized spacial score (nSPS) is 11.6. The van der Waals surface area contributed by atoms with E-state index in [0.717, 1.165) is 33.3 Å². The summed E-state index contributed by atoms with van der Waals surface area (Å²) in [6, 6.07) is 11.7. The number of hydrogen-bond donors (Lipinski definition) is 1. The standard InChI is InChI=1S/C21H15ClF3N5O/c22-18-16(26-10-8-14-4-1-3-13-5-2-9-27-19(13)14)12-29-30(20(18)31)17-7-6-15(11-28-17)21(23,24)25/h1-7,9,11-12,26H,8,10H2. The third-order valence-electron chi connectivity index (χ3n) is 4.64. The summed E-state index contributed by atoms with van der Waals surface area (Å²) in [4.78, 5) is 20.6. The van der Waals surface area contributed by atoms with Crippen molar-refractivity contribution in [1.29, 1.82) is 0 Å². The number of aromatic nitrogens is 4. The van der Waals surface area contributed by atoms with Gasteiger partial charge in [0.15, 0.2) is 5.82 Å². The van der Waals surface area contributed by atoms with Crippen molar-refractivity contribution in [2.24, 2.45) is 0 Å². The Hall–Kier alpha value is -3.46. The number of nitrogens with zero attached hydrogens (tertiary/aromatic N) is 4. The summed E-state index contributed by atoms with van der Waals surface area (Å²) in [6.45, 7) is 0.471. The molecule has 10 heteroatoms. The topological polar surface area (TPSA) is 72.7 Å². The predicted molar refractivity (Wildman–Crippen MR) is 112 cm³/mol. The van der Waals surface area contributed by atoms with E-state index < -0.39 is 17.3 Å². The Morgan fingerprint density at radius 3 is 2.58 bits per heavy atom. The molecule has 0 spiro atoms. The van der Waals surface area contributed by atoms with Crippen LogP contribution < -0.4 is 10.9 Å². The number of halogens is 4. The minimum absolute atomic E-state index is 0.0618. The van der Waals surface area contributed by atoms with E-state index in [1.165, 1.54) is 6.20 Å². The summed E-state index contributed by atoms with van der Waals surface area (Å²) in [6.07, 6.45) is -0.176. The first-order valence-electron chi connectivity index (χ1n) is 9.22. The molecule has 0 atom stereocenters. The molecule has 3 aromatic heterocycles. The Morgan fingerprint density at radius 1 is 1.03 bits per heavy atom. The van der Waals surface area contributed by atoms with Crippen molar-refractivity contribution in [2.75, 3.05) is 11.9 Å². The first-order chi connectivity index (χ1) is 14.8. The highest BCUT2D eigenvalue weighted by Crippen LogP contribution is 2.28. The van der Waals surface area contributed by atoms with Crippen molar-refractivity contribution < 1.29 is 13.2 Å². The van der Waals surface area contributed by atoms with Crippen molar-refractivity contribution in [2.45, 2.75) is 12.6 Å². The van der Waals surface area contributed by atoms with Crippen LogP contribution in [0.4, 0.5) is 18.9 Å². The Kier molecular flexibility index (Phi) is 5.60. The molecule has 0 aliphatic carbocycles. The highest BCUT2D eigenvalue weighted by molar-refractivity contribution is 6.32. The van der Waals surface area contributed by atoms with Gasteiger partial charge in [0, 0.05) is 24.3 Å². The van der Waals surface area contributed by atoms with Crippen LogP contribution >= 0.6 is 11.6 Å². The smallest absolute Gasteiger partial charge is 0.382 e. The number of nitrogens with one attached hydrogen (secondary N) is 1. The van der Waals surface area contributed by atoms with Gasteiger partial charge in [0.2, 0.25) is 0 Å². The molecule has 1 aromatic carbocycles. The van der Waals surface area contributed by atoms with Gasteiger partial charge in [-0.15, -0.1) is 0 Å². The second-order valence-corrected chi connectivity index (χ2v) is 7.04. The van der Waals surface area contributed by atoms with Gasteiger partial charge in [-0.25, -0.2) is 4.98 Å². The van der Waals surface area contributed by atoms with Crippen molar-refractivity contribution in [3.05, 3.63) is 87.6 Å². The zero-order valence-electron chi connectivity index (χ0n) is 15.9. The van der Waals surface area contributed by atoms with E-state index in [4.69, 9.17) is 11.6 Å². The molecule has 0 aliphatic rings. The average Bonchev–Trinajstić information content (AvgIpc) is 2.76. The number of para-hydroxylation sites is 1. The number of anilines is 1. The van der Waals surface area contributed by atoms with E-state index in [1.54, 1.807) is 6.20 Å². The van der Waals surface area contributed by atoms with E-state index in [9.17, 15) is 18.0 Å². The fourth-order valence-corrected chi connectivity index (χ4v) is 3.29. The molecule has 3 heterocycles. The first kappa shape index (κ1) is 20.8. The fourth-order valence-electron chi connectivity index (χ4n) is 3.10. The minimum Gasteiger partial charge on any atom is -0.382 e. The van der Waals surface area contributed by atoms with Crippen LogP contribution in [0.15, 0.2) is 65.8 Å². The number of alkyl halides is 3. The van der Waals surface area contributed by atoms with Crippen LogP contribution in [0.3, 0.4) is 0 Å². The summed E-state index contributed by atoms with van der Waals surface area (Å²) < 4.78 is 38.9. The Balaban J connectivity index is 1.50. The second-order valence-electron chi connectivity index (χ2n) is 6.66. The lowest BCUT2D eigenvalue weighted by atomic mass is 10.1. The van der Waals surface area contributed by atoms with Crippen LogP contribution in [0.1, 0.15) is 11.1 Å². The molecule has 0 amide bonds. The van der Waals surface area contributed by atoms with Gasteiger partial charge in [0.1, 0.15) is 5.02 Å². The molecule has 0 fully saturated rings. The maximum absolute atomic E-state index is 12.7. The molecule has 6 nitrogen and oxygen atoms in total. The van der Waals surface area contributed by atoms with Gasteiger partial charge < -0.3 is 5.32 Å². The van der Waals surface area contributed by atoms with Crippen molar-refractivity contribution >= 4 is 28.2 Å². The Labute approximate surface area is 179 Å². The maximum Gasteiger partial charge on any atom is 0.417 e. The maximum atomic E-state index is 12.7. The zero-order valence-corrected chi connectivity index (χ0v) is 16.7. The SMILES string of the molecule is O=c1c(Cl)c(NCCc2cccc3cccnc23)cnn1-c1ccc(C(F)(F)F)cn1. The van der Waals surface area contributed by atoms with E-state index in [2.05, 4.69) is 20.4 Å². The summed E-state index contributed by atoms with van der Waals surface area (Å²) in [5.41, 5.74) is 0.655. The van der Waals surface area contributed by atoms with Gasteiger partial charge in [-0.2, -0.15) is 23.0 Å². The quantitative estimate of drug-likeness (QED) is 0.489. The summed E-state index contributed by atoms with van der Waals surface area (Å²) in [5, 5.41) is 7.95. The lowest BCUT2D eigenvalue weighted by Gasteiger charge is -2.11. The van der Waals surface area contributed by atoms with Crippen molar-refractivity contribution in [3.8, 4) is 5.82 Å². The summed E-state index contributed by atoms with van der Waals surface area (Å²) >= 11 is 6.17. The van der Waals surface area contributed by atoms with Gasteiger partial charge in [0.05, 0.1) is 23.0 Å². The molecule has 1 N–H and O–H groups in total. The Morgan fingerprint density at radius 2 is 1.84 bits per heavy atom. The highest BCUT2D eigenvalue weighted by Gasteiger charge is 2.30.